The molecule has 0 spiro atoms. The molecule has 0 aliphatic rings. The number of nitrogens with zero attached hydrogens (tertiary/aromatic N) is 3. The lowest BCUT2D eigenvalue weighted by atomic mass is 10.2. The second-order valence-electron chi connectivity index (χ2n) is 4.71. The molecule has 2 N–H and O–H groups in total. The predicted octanol–water partition coefficient (Wildman–Crippen LogP) is 1.52. The van der Waals surface area contributed by atoms with Crippen molar-refractivity contribution >= 4 is 11.9 Å². The maximum absolute atomic E-state index is 12.2. The Kier molecular flexibility index (Phi) is 3.53. The van der Waals surface area contributed by atoms with E-state index in [1.165, 1.54) is 18.6 Å². The number of hydrogen-bond donors (Lipinski definition) is 2. The van der Waals surface area contributed by atoms with E-state index in [0.29, 0.717) is 5.69 Å². The van der Waals surface area contributed by atoms with Crippen molar-refractivity contribution in [3.63, 3.8) is 0 Å². The van der Waals surface area contributed by atoms with Crippen molar-refractivity contribution in [2.75, 3.05) is 5.32 Å². The van der Waals surface area contributed by atoms with E-state index >= 15 is 0 Å². The lowest BCUT2D eigenvalue weighted by molar-refractivity contribution is 0.102. The van der Waals surface area contributed by atoms with Gasteiger partial charge in [0.1, 0.15) is 11.9 Å². The van der Waals surface area contributed by atoms with Gasteiger partial charge in [0.25, 0.3) is 5.91 Å². The first-order valence-electron chi connectivity index (χ1n) is 6.61. The third-order valence-corrected chi connectivity index (χ3v) is 3.11. The molecule has 0 aliphatic carbocycles. The van der Waals surface area contributed by atoms with E-state index in [4.69, 9.17) is 0 Å². The number of para-hydroxylation sites is 1. The maximum atomic E-state index is 12.2. The number of amides is 1. The minimum absolute atomic E-state index is 0.0215. The van der Waals surface area contributed by atoms with Crippen molar-refractivity contribution < 1.29 is 4.79 Å². The van der Waals surface area contributed by atoms with Crippen LogP contribution in [0.1, 0.15) is 16.1 Å². The summed E-state index contributed by atoms with van der Waals surface area (Å²) < 4.78 is 1.63. The summed E-state index contributed by atoms with van der Waals surface area (Å²) in [6.07, 6.45) is 2.88. The first-order valence-corrected chi connectivity index (χ1v) is 6.61. The Labute approximate surface area is 125 Å². The Morgan fingerprint density at radius 1 is 1.27 bits per heavy atom. The number of benzene rings is 1. The topological polar surface area (TPSA) is 92.7 Å². The zero-order valence-electron chi connectivity index (χ0n) is 11.8. The number of anilines is 1. The van der Waals surface area contributed by atoms with E-state index in [0.717, 1.165) is 5.69 Å². The van der Waals surface area contributed by atoms with Crippen molar-refractivity contribution in [3.8, 4) is 5.69 Å². The molecular formula is C15H13N5O2. The maximum Gasteiger partial charge on any atom is 0.263 e. The van der Waals surface area contributed by atoms with E-state index in [1.807, 2.05) is 30.3 Å². The van der Waals surface area contributed by atoms with E-state index in [-0.39, 0.29) is 16.9 Å². The fourth-order valence-electron chi connectivity index (χ4n) is 2.02. The summed E-state index contributed by atoms with van der Waals surface area (Å²) in [6.45, 7) is 1.75. The minimum atomic E-state index is -0.536. The molecular weight excluding hydrogens is 282 g/mol. The highest BCUT2D eigenvalue weighted by Crippen LogP contribution is 2.13. The van der Waals surface area contributed by atoms with Crippen LogP contribution in [-0.2, 0) is 0 Å². The first kappa shape index (κ1) is 13.7. The van der Waals surface area contributed by atoms with Crippen LogP contribution in [0, 0.1) is 6.92 Å². The summed E-state index contributed by atoms with van der Waals surface area (Å²) in [5.41, 5.74) is 1.17. The minimum Gasteiger partial charge on any atom is -0.364 e. The molecule has 0 atom stereocenters. The van der Waals surface area contributed by atoms with Gasteiger partial charge in [-0.15, -0.1) is 10.2 Å². The Balaban J connectivity index is 1.90. The average Bonchev–Trinajstić information content (AvgIpc) is 2.96. The molecule has 2 aromatic heterocycles. The van der Waals surface area contributed by atoms with Crippen LogP contribution in [0.15, 0.2) is 53.7 Å². The fraction of sp³-hybridized carbons (Fsp3) is 0.0667. The Morgan fingerprint density at radius 2 is 2.05 bits per heavy atom. The summed E-state index contributed by atoms with van der Waals surface area (Å²) in [5, 5.41) is 10.3. The van der Waals surface area contributed by atoms with Gasteiger partial charge in [0.2, 0.25) is 5.95 Å². The number of carbonyl (C=O) groups is 1. The number of hydrogen-bond acceptors (Lipinski definition) is 4. The number of carbonyl (C=O) groups excluding carboxylic acids is 1. The number of rotatable bonds is 3. The number of aromatic amines is 1. The van der Waals surface area contributed by atoms with Crippen LogP contribution in [0.2, 0.25) is 0 Å². The van der Waals surface area contributed by atoms with Gasteiger partial charge in [-0.3, -0.25) is 19.5 Å². The highest BCUT2D eigenvalue weighted by molar-refractivity contribution is 6.03. The molecule has 2 heterocycles. The second-order valence-corrected chi connectivity index (χ2v) is 4.71. The number of aryl methyl sites for hydroxylation is 1. The molecule has 0 saturated heterocycles. The van der Waals surface area contributed by atoms with Crippen LogP contribution in [0.3, 0.4) is 0 Å². The summed E-state index contributed by atoms with van der Waals surface area (Å²) in [7, 11) is 0. The summed E-state index contributed by atoms with van der Waals surface area (Å²) in [5.74, 6) is -0.289. The molecule has 3 rings (SSSR count). The van der Waals surface area contributed by atoms with Crippen LogP contribution >= 0.6 is 0 Å². The van der Waals surface area contributed by atoms with Gasteiger partial charge in [0.05, 0.1) is 5.69 Å². The van der Waals surface area contributed by atoms with Crippen molar-refractivity contribution in [1.29, 1.82) is 0 Å². The van der Waals surface area contributed by atoms with E-state index in [9.17, 15) is 9.59 Å². The number of H-pyrrole nitrogens is 1. The van der Waals surface area contributed by atoms with Gasteiger partial charge in [-0.2, -0.15) is 0 Å². The Bertz CT molecular complexity index is 867. The van der Waals surface area contributed by atoms with Gasteiger partial charge in [-0.05, 0) is 19.1 Å². The van der Waals surface area contributed by atoms with Gasteiger partial charge >= 0.3 is 0 Å². The monoisotopic (exact) mass is 295 g/mol. The molecule has 22 heavy (non-hydrogen) atoms. The van der Waals surface area contributed by atoms with Crippen LogP contribution in [0.4, 0.5) is 5.95 Å². The zero-order valence-corrected chi connectivity index (χ0v) is 11.8. The Morgan fingerprint density at radius 3 is 2.77 bits per heavy atom. The largest absolute Gasteiger partial charge is 0.364 e. The van der Waals surface area contributed by atoms with Gasteiger partial charge < -0.3 is 4.98 Å². The molecule has 1 amide bonds. The van der Waals surface area contributed by atoms with Gasteiger partial charge in [-0.1, -0.05) is 18.2 Å². The molecule has 3 aromatic rings. The molecule has 0 unspecified atom stereocenters. The lowest BCUT2D eigenvalue weighted by Crippen LogP contribution is -2.23. The van der Waals surface area contributed by atoms with E-state index in [2.05, 4.69) is 20.5 Å². The SMILES string of the molecule is Cc1cc(=O)c(C(=O)Nc2nncn2-c2ccccc2)c[nH]1. The van der Waals surface area contributed by atoms with Crippen LogP contribution < -0.4 is 10.7 Å². The van der Waals surface area contributed by atoms with Crippen molar-refractivity contribution in [1.82, 2.24) is 19.7 Å². The summed E-state index contributed by atoms with van der Waals surface area (Å²) in [4.78, 5) is 26.9. The van der Waals surface area contributed by atoms with Crippen molar-refractivity contribution in [2.45, 2.75) is 6.92 Å². The predicted molar refractivity (Wildman–Crippen MR) is 81.1 cm³/mol. The van der Waals surface area contributed by atoms with E-state index in [1.54, 1.807) is 11.5 Å². The zero-order chi connectivity index (χ0) is 15.5. The lowest BCUT2D eigenvalue weighted by Gasteiger charge is -2.07. The van der Waals surface area contributed by atoms with Gasteiger partial charge in [-0.25, -0.2) is 0 Å². The van der Waals surface area contributed by atoms with Gasteiger partial charge in [0.15, 0.2) is 5.43 Å². The molecule has 0 aliphatic heterocycles. The summed E-state index contributed by atoms with van der Waals surface area (Å²) in [6, 6.07) is 10.7. The molecule has 1 aromatic carbocycles. The fourth-order valence-corrected chi connectivity index (χ4v) is 2.02. The molecule has 0 radical (unpaired) electrons. The van der Waals surface area contributed by atoms with Gasteiger partial charge in [0, 0.05) is 18.0 Å². The van der Waals surface area contributed by atoms with Crippen molar-refractivity contribution in [2.24, 2.45) is 0 Å². The quantitative estimate of drug-likeness (QED) is 0.766. The van der Waals surface area contributed by atoms with Crippen LogP contribution in [0.5, 0.6) is 0 Å². The van der Waals surface area contributed by atoms with Crippen LogP contribution in [-0.4, -0.2) is 25.7 Å². The number of pyridine rings is 1. The summed E-state index contributed by atoms with van der Waals surface area (Å²) >= 11 is 0. The molecule has 7 heteroatoms. The number of aromatic nitrogens is 4. The average molecular weight is 295 g/mol. The van der Waals surface area contributed by atoms with Crippen molar-refractivity contribution in [3.05, 3.63) is 70.4 Å². The number of nitrogens with one attached hydrogen (secondary N) is 2. The third-order valence-electron chi connectivity index (χ3n) is 3.11. The normalized spacial score (nSPS) is 10.4. The molecule has 110 valence electrons. The molecule has 0 saturated carbocycles. The smallest absolute Gasteiger partial charge is 0.263 e. The van der Waals surface area contributed by atoms with E-state index < -0.39 is 5.91 Å². The van der Waals surface area contributed by atoms with Crippen LogP contribution in [0.25, 0.3) is 5.69 Å². The third kappa shape index (κ3) is 2.64. The Hall–Kier alpha value is -3.22. The first-order chi connectivity index (χ1) is 10.6. The molecule has 0 fully saturated rings. The standard InChI is InChI=1S/C15H13N5O2/c1-10-7-13(21)12(8-16-10)14(22)18-15-19-17-9-20(15)11-5-3-2-4-6-11/h2-9H,1H3,(H,16,21)(H,18,19,22). The second kappa shape index (κ2) is 5.65. The molecule has 7 nitrogen and oxygen atoms in total. The highest BCUT2D eigenvalue weighted by atomic mass is 16.2. The highest BCUT2D eigenvalue weighted by Gasteiger charge is 2.14. The molecule has 0 bridgehead atoms.